The Kier molecular flexibility index (Phi) is 2.87. The highest BCUT2D eigenvalue weighted by atomic mass is 16.3. The number of aliphatic hydroxyl groups is 1. The summed E-state index contributed by atoms with van der Waals surface area (Å²) in [5.41, 5.74) is 4.28. The van der Waals surface area contributed by atoms with Gasteiger partial charge in [-0.05, 0) is 13.0 Å². The van der Waals surface area contributed by atoms with Crippen molar-refractivity contribution >= 4 is 10.9 Å². The summed E-state index contributed by atoms with van der Waals surface area (Å²) in [5, 5.41) is 10.3. The van der Waals surface area contributed by atoms with Gasteiger partial charge in [0.05, 0.1) is 5.69 Å². The molecule has 0 amide bonds. The molecule has 0 unspecified atom stereocenters. The molecule has 3 aromatic rings. The molecule has 0 bridgehead atoms. The van der Waals surface area contributed by atoms with Crippen molar-refractivity contribution in [3.63, 3.8) is 0 Å². The Morgan fingerprint density at radius 3 is 2.89 bits per heavy atom. The van der Waals surface area contributed by atoms with E-state index in [1.165, 1.54) is 5.39 Å². The summed E-state index contributed by atoms with van der Waals surface area (Å²) in [6.45, 7) is 2.14. The molecule has 3 rings (SSSR count). The van der Waals surface area contributed by atoms with E-state index < -0.39 is 0 Å². The molecule has 1 aromatic carbocycles. The van der Waals surface area contributed by atoms with E-state index in [2.05, 4.69) is 26.7 Å². The lowest BCUT2D eigenvalue weighted by molar-refractivity contribution is 0.296. The zero-order valence-corrected chi connectivity index (χ0v) is 11.1. The number of aliphatic hydroxyl groups excluding tert-OH is 1. The van der Waals surface area contributed by atoms with Gasteiger partial charge in [-0.1, -0.05) is 18.2 Å². The van der Waals surface area contributed by atoms with Gasteiger partial charge in [0.2, 0.25) is 0 Å². The molecule has 0 aliphatic carbocycles. The number of hydrogen-bond donors (Lipinski definition) is 2. The van der Waals surface area contributed by atoms with Crippen LogP contribution in [0.4, 0.5) is 0 Å². The largest absolute Gasteiger partial charge is 0.396 e. The summed E-state index contributed by atoms with van der Waals surface area (Å²) in [5.74, 6) is 0.943. The number of fused-ring (bicyclic) bond motifs is 1. The Balaban J connectivity index is 2.19. The number of rotatable bonds is 3. The Bertz CT molecular complexity index is 724. The summed E-state index contributed by atoms with van der Waals surface area (Å²) in [7, 11) is 2.00. The molecule has 4 heteroatoms. The number of imidazole rings is 1. The third kappa shape index (κ3) is 1.85. The van der Waals surface area contributed by atoms with Crippen LogP contribution >= 0.6 is 0 Å². The molecule has 0 radical (unpaired) electrons. The fourth-order valence-electron chi connectivity index (χ4n) is 2.62. The molecule has 0 aliphatic rings. The lowest BCUT2D eigenvalue weighted by Gasteiger charge is -2.04. The molecule has 0 saturated heterocycles. The number of para-hydroxylation sites is 1. The number of benzene rings is 1. The Hall–Kier alpha value is -2.07. The SMILES string of the molecule is Cc1nc(-c2c[nH]c3ccccc23)n(C)c1CCO. The first-order valence-corrected chi connectivity index (χ1v) is 6.42. The predicted molar refractivity (Wildman–Crippen MR) is 76.0 cm³/mol. The zero-order chi connectivity index (χ0) is 13.4. The maximum absolute atomic E-state index is 9.13. The van der Waals surface area contributed by atoms with Crippen molar-refractivity contribution < 1.29 is 5.11 Å². The predicted octanol–water partition coefficient (Wildman–Crippen LogP) is 2.41. The van der Waals surface area contributed by atoms with Crippen molar-refractivity contribution in [3.8, 4) is 11.4 Å². The minimum Gasteiger partial charge on any atom is -0.396 e. The molecule has 2 aromatic heterocycles. The van der Waals surface area contributed by atoms with Crippen LogP contribution in [-0.4, -0.2) is 26.2 Å². The smallest absolute Gasteiger partial charge is 0.142 e. The van der Waals surface area contributed by atoms with Crippen LogP contribution < -0.4 is 0 Å². The van der Waals surface area contributed by atoms with Crippen LogP contribution in [0.25, 0.3) is 22.3 Å². The molecule has 19 heavy (non-hydrogen) atoms. The van der Waals surface area contributed by atoms with Crippen molar-refractivity contribution in [2.24, 2.45) is 7.05 Å². The number of nitrogens with zero attached hydrogens (tertiary/aromatic N) is 2. The van der Waals surface area contributed by atoms with E-state index in [-0.39, 0.29) is 6.61 Å². The third-order valence-electron chi connectivity index (χ3n) is 3.59. The Morgan fingerprint density at radius 2 is 2.11 bits per heavy atom. The van der Waals surface area contributed by atoms with Gasteiger partial charge in [-0.25, -0.2) is 4.98 Å². The van der Waals surface area contributed by atoms with E-state index in [4.69, 9.17) is 5.11 Å². The summed E-state index contributed by atoms with van der Waals surface area (Å²) >= 11 is 0. The average Bonchev–Trinajstić information content (AvgIpc) is 2.95. The molecule has 0 aliphatic heterocycles. The van der Waals surface area contributed by atoms with Crippen molar-refractivity contribution in [1.29, 1.82) is 0 Å². The van der Waals surface area contributed by atoms with E-state index in [9.17, 15) is 0 Å². The lowest BCUT2D eigenvalue weighted by Crippen LogP contribution is -2.02. The fraction of sp³-hybridized carbons (Fsp3) is 0.267. The van der Waals surface area contributed by atoms with E-state index in [0.717, 1.165) is 28.3 Å². The highest BCUT2D eigenvalue weighted by Crippen LogP contribution is 2.28. The molecule has 2 heterocycles. The molecule has 4 nitrogen and oxygen atoms in total. The Morgan fingerprint density at radius 1 is 1.32 bits per heavy atom. The highest BCUT2D eigenvalue weighted by Gasteiger charge is 2.15. The molecule has 98 valence electrons. The van der Waals surface area contributed by atoms with Crippen LogP contribution in [0.15, 0.2) is 30.5 Å². The number of hydrogen-bond acceptors (Lipinski definition) is 2. The van der Waals surface area contributed by atoms with Crippen molar-refractivity contribution in [3.05, 3.63) is 41.9 Å². The standard InChI is InChI=1S/C15H17N3O/c1-10-14(7-8-19)18(2)15(17-10)12-9-16-13-6-4-3-5-11(12)13/h3-6,9,16,19H,7-8H2,1-2H3. The summed E-state index contributed by atoms with van der Waals surface area (Å²) in [4.78, 5) is 7.93. The maximum Gasteiger partial charge on any atom is 0.142 e. The average molecular weight is 255 g/mol. The highest BCUT2D eigenvalue weighted by molar-refractivity contribution is 5.93. The first-order valence-electron chi connectivity index (χ1n) is 6.42. The van der Waals surface area contributed by atoms with Crippen LogP contribution in [0.1, 0.15) is 11.4 Å². The number of nitrogens with one attached hydrogen (secondary N) is 1. The molecule has 0 spiro atoms. The van der Waals surface area contributed by atoms with Crippen molar-refractivity contribution in [2.75, 3.05) is 6.61 Å². The zero-order valence-electron chi connectivity index (χ0n) is 11.1. The van der Waals surface area contributed by atoms with E-state index in [0.29, 0.717) is 6.42 Å². The van der Waals surface area contributed by atoms with Crippen LogP contribution in [-0.2, 0) is 13.5 Å². The van der Waals surface area contributed by atoms with E-state index >= 15 is 0 Å². The van der Waals surface area contributed by atoms with Crippen LogP contribution in [0, 0.1) is 6.92 Å². The number of aromatic nitrogens is 3. The lowest BCUT2D eigenvalue weighted by atomic mass is 10.1. The van der Waals surface area contributed by atoms with Gasteiger partial charge in [0.15, 0.2) is 0 Å². The van der Waals surface area contributed by atoms with Gasteiger partial charge in [-0.2, -0.15) is 0 Å². The molecule has 0 fully saturated rings. The second-order valence-corrected chi connectivity index (χ2v) is 4.75. The van der Waals surface area contributed by atoms with Gasteiger partial charge in [-0.15, -0.1) is 0 Å². The molecule has 0 atom stereocenters. The van der Waals surface area contributed by atoms with Gasteiger partial charge in [0.25, 0.3) is 0 Å². The molecule has 0 saturated carbocycles. The van der Waals surface area contributed by atoms with Gasteiger partial charge in [0.1, 0.15) is 5.82 Å². The molecular weight excluding hydrogens is 238 g/mol. The van der Waals surface area contributed by atoms with E-state index in [1.807, 2.05) is 32.3 Å². The third-order valence-corrected chi connectivity index (χ3v) is 3.59. The van der Waals surface area contributed by atoms with Crippen LogP contribution in [0.3, 0.4) is 0 Å². The summed E-state index contributed by atoms with van der Waals surface area (Å²) < 4.78 is 2.07. The summed E-state index contributed by atoms with van der Waals surface area (Å²) in [6.07, 6.45) is 2.63. The Labute approximate surface area is 111 Å². The monoisotopic (exact) mass is 255 g/mol. The number of aryl methyl sites for hydroxylation is 1. The van der Waals surface area contributed by atoms with Crippen molar-refractivity contribution in [1.82, 2.24) is 14.5 Å². The minimum atomic E-state index is 0.147. The first kappa shape index (κ1) is 12.0. The molecule has 2 N–H and O–H groups in total. The summed E-state index contributed by atoms with van der Waals surface area (Å²) in [6, 6.07) is 8.20. The maximum atomic E-state index is 9.13. The van der Waals surface area contributed by atoms with Crippen LogP contribution in [0.5, 0.6) is 0 Å². The first-order chi connectivity index (χ1) is 9.22. The van der Waals surface area contributed by atoms with Gasteiger partial charge in [-0.3, -0.25) is 0 Å². The second-order valence-electron chi connectivity index (χ2n) is 4.75. The minimum absolute atomic E-state index is 0.147. The fourth-order valence-corrected chi connectivity index (χ4v) is 2.62. The normalized spacial score (nSPS) is 11.3. The number of aromatic amines is 1. The van der Waals surface area contributed by atoms with Crippen LogP contribution in [0.2, 0.25) is 0 Å². The van der Waals surface area contributed by atoms with E-state index in [1.54, 1.807) is 0 Å². The van der Waals surface area contributed by atoms with Gasteiger partial charge in [0, 0.05) is 48.4 Å². The van der Waals surface area contributed by atoms with Gasteiger partial charge >= 0.3 is 0 Å². The quantitative estimate of drug-likeness (QED) is 0.755. The molecular formula is C15H17N3O. The van der Waals surface area contributed by atoms with Gasteiger partial charge < -0.3 is 14.7 Å². The second kappa shape index (κ2) is 4.55. The van der Waals surface area contributed by atoms with Crippen molar-refractivity contribution in [2.45, 2.75) is 13.3 Å². The topological polar surface area (TPSA) is 53.8 Å². The number of H-pyrrole nitrogens is 1.